The maximum Gasteiger partial charge on any atom is 0.219 e. The summed E-state index contributed by atoms with van der Waals surface area (Å²) in [6.07, 6.45) is 1.66. The summed E-state index contributed by atoms with van der Waals surface area (Å²) in [6, 6.07) is 9.00. The van der Waals surface area contributed by atoms with Crippen molar-refractivity contribution in [2.45, 2.75) is 13.0 Å². The van der Waals surface area contributed by atoms with Crippen molar-refractivity contribution in [2.75, 3.05) is 14.2 Å². The highest BCUT2D eigenvalue weighted by Crippen LogP contribution is 2.39. The van der Waals surface area contributed by atoms with E-state index in [0.717, 1.165) is 5.56 Å². The summed E-state index contributed by atoms with van der Waals surface area (Å²) in [4.78, 5) is 4.18. The Hall–Kier alpha value is -2.27. The highest BCUT2D eigenvalue weighted by atomic mass is 16.5. The predicted octanol–water partition coefficient (Wildman–Crippen LogP) is 2.91. The molecule has 5 heteroatoms. The van der Waals surface area contributed by atoms with Crippen molar-refractivity contribution in [1.82, 2.24) is 4.98 Å². The average Bonchev–Trinajstić information content (AvgIpc) is 2.47. The van der Waals surface area contributed by atoms with Crippen molar-refractivity contribution >= 4 is 0 Å². The molecule has 0 spiro atoms. The first-order valence-electron chi connectivity index (χ1n) is 6.26. The van der Waals surface area contributed by atoms with Gasteiger partial charge in [0, 0.05) is 18.3 Å². The van der Waals surface area contributed by atoms with Crippen molar-refractivity contribution in [2.24, 2.45) is 5.73 Å². The summed E-state index contributed by atoms with van der Waals surface area (Å²) >= 11 is 0. The molecule has 20 heavy (non-hydrogen) atoms. The molecule has 2 N–H and O–H groups in total. The lowest BCUT2D eigenvalue weighted by molar-refractivity contribution is 0.342. The number of hydrogen-bond donors (Lipinski definition) is 1. The van der Waals surface area contributed by atoms with Gasteiger partial charge in [0.25, 0.3) is 0 Å². The van der Waals surface area contributed by atoms with Gasteiger partial charge < -0.3 is 19.9 Å². The Morgan fingerprint density at radius 3 is 2.30 bits per heavy atom. The summed E-state index contributed by atoms with van der Waals surface area (Å²) in [5.74, 6) is 2.10. The third-order valence-corrected chi connectivity index (χ3v) is 2.87. The first kappa shape index (κ1) is 14.1. The van der Waals surface area contributed by atoms with Crippen LogP contribution in [0.3, 0.4) is 0 Å². The van der Waals surface area contributed by atoms with Crippen LogP contribution in [0, 0.1) is 0 Å². The minimum atomic E-state index is -0.0834. The number of ether oxygens (including phenoxy) is 3. The first-order chi connectivity index (χ1) is 9.65. The van der Waals surface area contributed by atoms with E-state index in [4.69, 9.17) is 19.9 Å². The zero-order valence-electron chi connectivity index (χ0n) is 11.8. The molecule has 0 saturated carbocycles. The molecule has 1 aromatic carbocycles. The molecule has 2 rings (SSSR count). The van der Waals surface area contributed by atoms with E-state index >= 15 is 0 Å². The monoisotopic (exact) mass is 274 g/mol. The molecule has 0 saturated heterocycles. The smallest absolute Gasteiger partial charge is 0.219 e. The van der Waals surface area contributed by atoms with Crippen LogP contribution in [-0.4, -0.2) is 19.2 Å². The minimum absolute atomic E-state index is 0.0834. The Labute approximate surface area is 118 Å². The van der Waals surface area contributed by atoms with Gasteiger partial charge in [0.05, 0.1) is 14.2 Å². The van der Waals surface area contributed by atoms with Gasteiger partial charge in [0.15, 0.2) is 11.5 Å². The number of nitrogens with zero attached hydrogens (tertiary/aromatic N) is 1. The number of rotatable bonds is 5. The lowest BCUT2D eigenvalue weighted by Crippen LogP contribution is -2.05. The molecule has 1 heterocycles. The van der Waals surface area contributed by atoms with E-state index in [2.05, 4.69) is 4.98 Å². The molecule has 0 unspecified atom stereocenters. The topological polar surface area (TPSA) is 66.6 Å². The number of aromatic nitrogens is 1. The molecule has 0 amide bonds. The van der Waals surface area contributed by atoms with Gasteiger partial charge in [0.2, 0.25) is 11.6 Å². The molecule has 1 aromatic heterocycles. The molecule has 106 valence electrons. The summed E-state index contributed by atoms with van der Waals surface area (Å²) in [6.45, 7) is 1.91. The van der Waals surface area contributed by atoms with Crippen LogP contribution in [0.15, 0.2) is 36.5 Å². The SMILES string of the molecule is COc1cccc(OC)c1Oc1cc([C@@H](C)N)ccn1. The molecule has 0 bridgehead atoms. The van der Waals surface area contributed by atoms with E-state index in [1.807, 2.05) is 19.1 Å². The molecule has 0 aliphatic heterocycles. The van der Waals surface area contributed by atoms with Crippen molar-refractivity contribution in [3.05, 3.63) is 42.1 Å². The second kappa shape index (κ2) is 6.25. The zero-order valence-corrected chi connectivity index (χ0v) is 11.8. The van der Waals surface area contributed by atoms with Gasteiger partial charge in [-0.25, -0.2) is 4.98 Å². The minimum Gasteiger partial charge on any atom is -0.493 e. The van der Waals surface area contributed by atoms with Crippen molar-refractivity contribution in [1.29, 1.82) is 0 Å². The van der Waals surface area contributed by atoms with Gasteiger partial charge in [0.1, 0.15) is 0 Å². The maximum atomic E-state index is 5.86. The largest absolute Gasteiger partial charge is 0.493 e. The van der Waals surface area contributed by atoms with Crippen LogP contribution in [0.2, 0.25) is 0 Å². The molecule has 2 aromatic rings. The summed E-state index contributed by atoms with van der Waals surface area (Å²) < 4.78 is 16.4. The maximum absolute atomic E-state index is 5.86. The molecule has 0 fully saturated rings. The second-order valence-corrected chi connectivity index (χ2v) is 4.31. The lowest BCUT2D eigenvalue weighted by Gasteiger charge is -2.14. The average molecular weight is 274 g/mol. The molecule has 0 aliphatic rings. The zero-order chi connectivity index (χ0) is 14.5. The molecule has 5 nitrogen and oxygen atoms in total. The Morgan fingerprint density at radius 1 is 1.10 bits per heavy atom. The van der Waals surface area contributed by atoms with Crippen molar-refractivity contribution in [3.8, 4) is 23.1 Å². The number of hydrogen-bond acceptors (Lipinski definition) is 5. The van der Waals surface area contributed by atoms with E-state index in [-0.39, 0.29) is 6.04 Å². The lowest BCUT2D eigenvalue weighted by atomic mass is 10.1. The third-order valence-electron chi connectivity index (χ3n) is 2.87. The third kappa shape index (κ3) is 3.00. The van der Waals surface area contributed by atoms with Gasteiger partial charge in [-0.05, 0) is 30.7 Å². The molecular formula is C15H18N2O3. The normalized spacial score (nSPS) is 11.8. The predicted molar refractivity (Wildman–Crippen MR) is 76.5 cm³/mol. The van der Waals surface area contributed by atoms with Gasteiger partial charge in [-0.1, -0.05) is 6.07 Å². The first-order valence-corrected chi connectivity index (χ1v) is 6.26. The van der Waals surface area contributed by atoms with E-state index in [1.165, 1.54) is 0 Å². The van der Waals surface area contributed by atoms with Crippen LogP contribution < -0.4 is 19.9 Å². The number of para-hydroxylation sites is 1. The van der Waals surface area contributed by atoms with E-state index in [9.17, 15) is 0 Å². The van der Waals surface area contributed by atoms with Crippen LogP contribution in [0.25, 0.3) is 0 Å². The highest BCUT2D eigenvalue weighted by Gasteiger charge is 2.13. The van der Waals surface area contributed by atoms with Crippen LogP contribution in [0.1, 0.15) is 18.5 Å². The van der Waals surface area contributed by atoms with E-state index in [1.54, 1.807) is 38.6 Å². The number of benzene rings is 1. The standard InChI is InChI=1S/C15H18N2O3/c1-10(16)11-7-8-17-14(9-11)20-15-12(18-2)5-4-6-13(15)19-3/h4-10H,16H2,1-3H3/t10-/m1/s1. The fourth-order valence-corrected chi connectivity index (χ4v) is 1.79. The van der Waals surface area contributed by atoms with Crippen LogP contribution in [0.5, 0.6) is 23.1 Å². The summed E-state index contributed by atoms with van der Waals surface area (Å²) in [7, 11) is 3.15. The fourth-order valence-electron chi connectivity index (χ4n) is 1.79. The second-order valence-electron chi connectivity index (χ2n) is 4.31. The molecule has 1 atom stereocenters. The summed E-state index contributed by atoms with van der Waals surface area (Å²) in [5.41, 5.74) is 6.80. The van der Waals surface area contributed by atoms with Gasteiger partial charge in [-0.15, -0.1) is 0 Å². The molecule has 0 radical (unpaired) electrons. The van der Waals surface area contributed by atoms with E-state index in [0.29, 0.717) is 23.1 Å². The quantitative estimate of drug-likeness (QED) is 0.908. The fraction of sp³-hybridized carbons (Fsp3) is 0.267. The van der Waals surface area contributed by atoms with Crippen LogP contribution >= 0.6 is 0 Å². The van der Waals surface area contributed by atoms with Crippen LogP contribution in [-0.2, 0) is 0 Å². The molecular weight excluding hydrogens is 256 g/mol. The number of nitrogens with two attached hydrogens (primary N) is 1. The van der Waals surface area contributed by atoms with Gasteiger partial charge in [-0.3, -0.25) is 0 Å². The van der Waals surface area contributed by atoms with Crippen molar-refractivity contribution < 1.29 is 14.2 Å². The van der Waals surface area contributed by atoms with Crippen molar-refractivity contribution in [3.63, 3.8) is 0 Å². The number of pyridine rings is 1. The Kier molecular flexibility index (Phi) is 4.42. The number of methoxy groups -OCH3 is 2. The Balaban J connectivity index is 2.36. The Bertz CT molecular complexity index is 563. The van der Waals surface area contributed by atoms with Crippen LogP contribution in [0.4, 0.5) is 0 Å². The van der Waals surface area contributed by atoms with Gasteiger partial charge >= 0.3 is 0 Å². The Morgan fingerprint density at radius 2 is 1.75 bits per heavy atom. The highest BCUT2D eigenvalue weighted by molar-refractivity contribution is 5.52. The van der Waals surface area contributed by atoms with E-state index < -0.39 is 0 Å². The summed E-state index contributed by atoms with van der Waals surface area (Å²) in [5, 5.41) is 0. The molecule has 0 aliphatic carbocycles. The van der Waals surface area contributed by atoms with Gasteiger partial charge in [-0.2, -0.15) is 0 Å².